The van der Waals surface area contributed by atoms with Crippen LogP contribution in [0.2, 0.25) is 0 Å². The van der Waals surface area contributed by atoms with Gasteiger partial charge in [-0.15, -0.1) is 11.6 Å². The highest BCUT2D eigenvalue weighted by atomic mass is 35.5. The summed E-state index contributed by atoms with van der Waals surface area (Å²) >= 11 is 5.75. The molecule has 1 N–H and O–H groups in total. The molecule has 0 bridgehead atoms. The van der Waals surface area contributed by atoms with Crippen LogP contribution in [0, 0.1) is 11.6 Å². The second-order valence-corrected chi connectivity index (χ2v) is 4.99. The average molecular weight is 302 g/mol. The predicted octanol–water partition coefficient (Wildman–Crippen LogP) is 2.58. The van der Waals surface area contributed by atoms with Crippen molar-refractivity contribution >= 4 is 28.5 Å². The molecule has 0 saturated carbocycles. The van der Waals surface area contributed by atoms with Gasteiger partial charge in [-0.3, -0.25) is 4.79 Å². The van der Waals surface area contributed by atoms with Crippen LogP contribution in [0.4, 0.5) is 8.78 Å². The molecule has 2 rings (SSSR count). The van der Waals surface area contributed by atoms with Crippen molar-refractivity contribution in [1.29, 1.82) is 0 Å². The number of hydrogen-bond donors (Lipinski definition) is 1. The first-order valence-electron chi connectivity index (χ1n) is 6.12. The predicted molar refractivity (Wildman–Crippen MR) is 72.5 cm³/mol. The minimum Gasteiger partial charge on any atom is -0.352 e. The SMILES string of the molecule is CC(C)NC(=O)Cn1c(CCl)nc2c(F)cc(F)cc21. The molecule has 0 fully saturated rings. The van der Waals surface area contributed by atoms with E-state index in [9.17, 15) is 13.6 Å². The van der Waals surface area contributed by atoms with E-state index in [-0.39, 0.29) is 35.4 Å². The van der Waals surface area contributed by atoms with Crippen LogP contribution < -0.4 is 5.32 Å². The Hall–Kier alpha value is -1.69. The zero-order valence-corrected chi connectivity index (χ0v) is 11.8. The van der Waals surface area contributed by atoms with Crippen molar-refractivity contribution in [2.24, 2.45) is 0 Å². The molecule has 2 aromatic rings. The third-order valence-electron chi connectivity index (χ3n) is 2.72. The summed E-state index contributed by atoms with van der Waals surface area (Å²) in [4.78, 5) is 15.8. The number of rotatable bonds is 4. The van der Waals surface area contributed by atoms with E-state index >= 15 is 0 Å². The van der Waals surface area contributed by atoms with Crippen LogP contribution >= 0.6 is 11.6 Å². The summed E-state index contributed by atoms with van der Waals surface area (Å²) in [6, 6.07) is 1.88. The number of carbonyl (C=O) groups excluding carboxylic acids is 1. The molecule has 0 radical (unpaired) electrons. The summed E-state index contributed by atoms with van der Waals surface area (Å²) in [5.41, 5.74) is 0.233. The molecular weight excluding hydrogens is 288 g/mol. The lowest BCUT2D eigenvalue weighted by atomic mass is 10.3. The molecule has 4 nitrogen and oxygen atoms in total. The average Bonchev–Trinajstić information content (AvgIpc) is 2.67. The number of nitrogens with zero attached hydrogens (tertiary/aromatic N) is 2. The van der Waals surface area contributed by atoms with E-state index in [1.807, 2.05) is 13.8 Å². The Bertz CT molecular complexity index is 655. The fourth-order valence-corrected chi connectivity index (χ4v) is 2.19. The van der Waals surface area contributed by atoms with Gasteiger partial charge in [0.2, 0.25) is 5.91 Å². The number of fused-ring (bicyclic) bond motifs is 1. The lowest BCUT2D eigenvalue weighted by Gasteiger charge is -2.11. The van der Waals surface area contributed by atoms with Crippen molar-refractivity contribution in [2.75, 3.05) is 0 Å². The van der Waals surface area contributed by atoms with Crippen LogP contribution in [0.5, 0.6) is 0 Å². The summed E-state index contributed by atoms with van der Waals surface area (Å²) in [5, 5.41) is 2.71. The molecule has 1 aromatic carbocycles. The molecule has 7 heteroatoms. The van der Waals surface area contributed by atoms with E-state index in [1.165, 1.54) is 4.57 Å². The van der Waals surface area contributed by atoms with Crippen LogP contribution in [-0.4, -0.2) is 21.5 Å². The summed E-state index contributed by atoms with van der Waals surface area (Å²) in [6.45, 7) is 3.57. The van der Waals surface area contributed by atoms with Crippen LogP contribution in [-0.2, 0) is 17.2 Å². The number of imidazole rings is 1. The number of halogens is 3. The number of hydrogen-bond acceptors (Lipinski definition) is 2. The first kappa shape index (κ1) is 14.7. The maximum absolute atomic E-state index is 13.7. The fraction of sp³-hybridized carbons (Fsp3) is 0.385. The summed E-state index contributed by atoms with van der Waals surface area (Å²) in [5.74, 6) is -1.43. The van der Waals surface area contributed by atoms with Gasteiger partial charge in [0.1, 0.15) is 23.7 Å². The van der Waals surface area contributed by atoms with E-state index in [4.69, 9.17) is 11.6 Å². The molecule has 20 heavy (non-hydrogen) atoms. The van der Waals surface area contributed by atoms with Crippen molar-refractivity contribution in [3.63, 3.8) is 0 Å². The monoisotopic (exact) mass is 301 g/mol. The van der Waals surface area contributed by atoms with E-state index in [1.54, 1.807) is 0 Å². The summed E-state index contributed by atoms with van der Waals surface area (Å²) < 4.78 is 28.4. The van der Waals surface area contributed by atoms with Gasteiger partial charge in [-0.05, 0) is 19.9 Å². The molecule has 0 atom stereocenters. The Morgan fingerprint density at radius 1 is 1.45 bits per heavy atom. The van der Waals surface area contributed by atoms with Crippen molar-refractivity contribution in [3.8, 4) is 0 Å². The first-order valence-corrected chi connectivity index (χ1v) is 6.65. The number of aromatic nitrogens is 2. The maximum atomic E-state index is 13.7. The van der Waals surface area contributed by atoms with Gasteiger partial charge < -0.3 is 9.88 Å². The molecule has 108 valence electrons. The zero-order chi connectivity index (χ0) is 14.9. The highest BCUT2D eigenvalue weighted by Crippen LogP contribution is 2.22. The molecule has 0 spiro atoms. The van der Waals surface area contributed by atoms with Crippen molar-refractivity contribution < 1.29 is 13.6 Å². The number of carbonyl (C=O) groups is 1. The van der Waals surface area contributed by atoms with Crippen molar-refractivity contribution in [3.05, 3.63) is 29.6 Å². The van der Waals surface area contributed by atoms with E-state index in [0.29, 0.717) is 5.82 Å². The molecule has 0 aliphatic heterocycles. The Morgan fingerprint density at radius 2 is 2.15 bits per heavy atom. The molecule has 0 unspecified atom stereocenters. The zero-order valence-electron chi connectivity index (χ0n) is 11.1. The van der Waals surface area contributed by atoms with Gasteiger partial charge in [-0.25, -0.2) is 13.8 Å². The van der Waals surface area contributed by atoms with Gasteiger partial charge in [0.05, 0.1) is 11.4 Å². The maximum Gasteiger partial charge on any atom is 0.240 e. The van der Waals surface area contributed by atoms with Gasteiger partial charge in [-0.2, -0.15) is 0 Å². The number of benzene rings is 1. The Morgan fingerprint density at radius 3 is 2.75 bits per heavy atom. The minimum atomic E-state index is -0.769. The molecular formula is C13H14ClF2N3O. The van der Waals surface area contributed by atoms with Crippen LogP contribution in [0.15, 0.2) is 12.1 Å². The Balaban J connectivity index is 2.47. The lowest BCUT2D eigenvalue weighted by molar-refractivity contribution is -0.122. The van der Waals surface area contributed by atoms with Crippen LogP contribution in [0.3, 0.4) is 0 Å². The summed E-state index contributed by atoms with van der Waals surface area (Å²) in [7, 11) is 0. The van der Waals surface area contributed by atoms with Crippen molar-refractivity contribution in [2.45, 2.75) is 32.3 Å². The largest absolute Gasteiger partial charge is 0.352 e. The first-order chi connectivity index (χ1) is 9.42. The molecule has 1 aromatic heterocycles. The molecule has 0 aliphatic carbocycles. The van der Waals surface area contributed by atoms with Gasteiger partial charge in [-0.1, -0.05) is 0 Å². The van der Waals surface area contributed by atoms with Gasteiger partial charge in [0.15, 0.2) is 5.82 Å². The van der Waals surface area contributed by atoms with Gasteiger partial charge in [0.25, 0.3) is 0 Å². The fourth-order valence-electron chi connectivity index (χ4n) is 1.99. The number of nitrogens with one attached hydrogen (secondary N) is 1. The topological polar surface area (TPSA) is 46.9 Å². The van der Waals surface area contributed by atoms with Gasteiger partial charge >= 0.3 is 0 Å². The second kappa shape index (κ2) is 5.75. The standard InChI is InChI=1S/C13H14ClF2N3O/c1-7(2)17-12(20)6-19-10-4-8(15)3-9(16)13(10)18-11(19)5-14/h3-4,7H,5-6H2,1-2H3,(H,17,20). The molecule has 0 saturated heterocycles. The van der Waals surface area contributed by atoms with Crippen LogP contribution in [0.1, 0.15) is 19.7 Å². The highest BCUT2D eigenvalue weighted by Gasteiger charge is 2.17. The van der Waals surface area contributed by atoms with E-state index in [0.717, 1.165) is 12.1 Å². The van der Waals surface area contributed by atoms with E-state index < -0.39 is 11.6 Å². The normalized spacial score (nSPS) is 11.3. The third-order valence-corrected chi connectivity index (χ3v) is 2.96. The van der Waals surface area contributed by atoms with E-state index in [2.05, 4.69) is 10.3 Å². The smallest absolute Gasteiger partial charge is 0.240 e. The lowest BCUT2D eigenvalue weighted by Crippen LogP contribution is -2.33. The third kappa shape index (κ3) is 2.90. The Kier molecular flexibility index (Phi) is 4.23. The number of amides is 1. The highest BCUT2D eigenvalue weighted by molar-refractivity contribution is 6.16. The quantitative estimate of drug-likeness (QED) is 0.882. The molecule has 1 amide bonds. The van der Waals surface area contributed by atoms with Gasteiger partial charge in [0, 0.05) is 12.1 Å². The Labute approximate surface area is 119 Å². The molecule has 0 aliphatic rings. The number of alkyl halides is 1. The van der Waals surface area contributed by atoms with Crippen molar-refractivity contribution in [1.82, 2.24) is 14.9 Å². The minimum absolute atomic E-state index is 0.00466. The molecule has 1 heterocycles. The van der Waals surface area contributed by atoms with Crippen LogP contribution in [0.25, 0.3) is 11.0 Å². The summed E-state index contributed by atoms with van der Waals surface area (Å²) in [6.07, 6.45) is 0. The second-order valence-electron chi connectivity index (χ2n) is 4.73.